The fourth-order valence-electron chi connectivity index (χ4n) is 1.64. The van der Waals surface area contributed by atoms with Crippen LogP contribution in [0.3, 0.4) is 0 Å². The summed E-state index contributed by atoms with van der Waals surface area (Å²) in [6, 6.07) is 1.94. The predicted octanol–water partition coefficient (Wildman–Crippen LogP) is 3.50. The van der Waals surface area contributed by atoms with Crippen molar-refractivity contribution >= 4 is 0 Å². The van der Waals surface area contributed by atoms with Crippen LogP contribution >= 0.6 is 0 Å². The average Bonchev–Trinajstić information content (AvgIpc) is 2.16. The number of aromatic nitrogens is 1. The van der Waals surface area contributed by atoms with E-state index in [1.165, 1.54) is 0 Å². The maximum absolute atomic E-state index is 10.2. The second kappa shape index (κ2) is 4.96. The van der Waals surface area contributed by atoms with Gasteiger partial charge in [0.15, 0.2) is 0 Å². The molecule has 0 amide bonds. The second-order valence-electron chi connectivity index (χ2n) is 5.75. The predicted molar refractivity (Wildman–Crippen MR) is 67.2 cm³/mol. The lowest BCUT2D eigenvalue weighted by Gasteiger charge is -2.29. The minimum Gasteiger partial charge on any atom is -0.388 e. The molecule has 0 saturated heterocycles. The first-order chi connectivity index (χ1) is 7.32. The molecular weight excluding hydrogens is 198 g/mol. The minimum atomic E-state index is -0.400. The first-order valence-electron chi connectivity index (χ1n) is 5.91. The van der Waals surface area contributed by atoms with E-state index in [9.17, 15) is 5.11 Å². The summed E-state index contributed by atoms with van der Waals surface area (Å²) in [5.41, 5.74) is 2.30. The Balaban J connectivity index is 2.73. The molecule has 90 valence electrons. The Morgan fingerprint density at radius 1 is 1.38 bits per heavy atom. The lowest BCUT2D eigenvalue weighted by atomic mass is 9.78. The summed E-state index contributed by atoms with van der Waals surface area (Å²) in [6.07, 6.45) is 3.92. The van der Waals surface area contributed by atoms with Crippen molar-refractivity contribution in [2.45, 2.75) is 47.1 Å². The number of nitrogens with zero attached hydrogens (tertiary/aromatic N) is 1. The molecule has 1 N–H and O–H groups in total. The highest BCUT2D eigenvalue weighted by Crippen LogP contribution is 2.33. The van der Waals surface area contributed by atoms with Crippen molar-refractivity contribution in [3.05, 3.63) is 29.6 Å². The standard InChI is InChI=1S/C14H23NO/c1-10-6-7-15-9-12(10)13(16)8-11(2)14(3,4)5/h6-7,9,11,13,16H,8H2,1-5H3. The maximum Gasteiger partial charge on any atom is 0.0810 e. The van der Waals surface area contributed by atoms with Crippen molar-refractivity contribution in [2.24, 2.45) is 11.3 Å². The summed E-state index contributed by atoms with van der Waals surface area (Å²) in [5.74, 6) is 0.474. The normalized spacial score (nSPS) is 15.9. The van der Waals surface area contributed by atoms with Crippen molar-refractivity contribution in [3.8, 4) is 0 Å². The molecule has 2 atom stereocenters. The van der Waals surface area contributed by atoms with Gasteiger partial charge in [-0.25, -0.2) is 0 Å². The molecule has 0 radical (unpaired) electrons. The molecule has 2 nitrogen and oxygen atoms in total. The van der Waals surface area contributed by atoms with Crippen LogP contribution in [0.5, 0.6) is 0 Å². The zero-order valence-electron chi connectivity index (χ0n) is 11.0. The van der Waals surface area contributed by atoms with Gasteiger partial charge in [-0.2, -0.15) is 0 Å². The van der Waals surface area contributed by atoms with E-state index in [2.05, 4.69) is 32.7 Å². The Hall–Kier alpha value is -0.890. The summed E-state index contributed by atoms with van der Waals surface area (Å²) in [5, 5.41) is 10.2. The van der Waals surface area contributed by atoms with Crippen LogP contribution in [0, 0.1) is 18.3 Å². The van der Waals surface area contributed by atoms with E-state index < -0.39 is 6.10 Å². The van der Waals surface area contributed by atoms with Crippen molar-refractivity contribution in [1.29, 1.82) is 0 Å². The van der Waals surface area contributed by atoms with Gasteiger partial charge < -0.3 is 5.11 Å². The number of rotatable bonds is 3. The Bertz CT molecular complexity index is 341. The topological polar surface area (TPSA) is 33.1 Å². The molecule has 0 fully saturated rings. The highest BCUT2D eigenvalue weighted by molar-refractivity contribution is 5.23. The van der Waals surface area contributed by atoms with Gasteiger partial charge in [0, 0.05) is 18.0 Å². The van der Waals surface area contributed by atoms with Crippen LogP contribution in [0.4, 0.5) is 0 Å². The molecular formula is C14H23NO. The van der Waals surface area contributed by atoms with Gasteiger partial charge in [-0.1, -0.05) is 27.7 Å². The highest BCUT2D eigenvalue weighted by atomic mass is 16.3. The van der Waals surface area contributed by atoms with Gasteiger partial charge in [-0.15, -0.1) is 0 Å². The number of aliphatic hydroxyl groups excluding tert-OH is 1. The van der Waals surface area contributed by atoms with E-state index in [1.807, 2.05) is 13.0 Å². The van der Waals surface area contributed by atoms with Gasteiger partial charge in [0.2, 0.25) is 0 Å². The number of aliphatic hydroxyl groups is 1. The molecule has 1 aromatic heterocycles. The van der Waals surface area contributed by atoms with Crippen molar-refractivity contribution in [1.82, 2.24) is 4.98 Å². The van der Waals surface area contributed by atoms with Crippen LogP contribution in [0.15, 0.2) is 18.5 Å². The number of aryl methyl sites for hydroxylation is 1. The zero-order valence-corrected chi connectivity index (χ0v) is 11.0. The SMILES string of the molecule is Cc1ccncc1C(O)CC(C)C(C)(C)C. The van der Waals surface area contributed by atoms with Gasteiger partial charge in [0.05, 0.1) is 6.10 Å². The Labute approximate surface area is 98.7 Å². The van der Waals surface area contributed by atoms with Gasteiger partial charge in [0.25, 0.3) is 0 Å². The Kier molecular flexibility index (Phi) is 4.09. The summed E-state index contributed by atoms with van der Waals surface area (Å²) >= 11 is 0. The average molecular weight is 221 g/mol. The number of hydrogen-bond donors (Lipinski definition) is 1. The second-order valence-corrected chi connectivity index (χ2v) is 5.75. The van der Waals surface area contributed by atoms with Crippen LogP contribution in [-0.2, 0) is 0 Å². The van der Waals surface area contributed by atoms with E-state index in [0.717, 1.165) is 17.5 Å². The molecule has 0 saturated carbocycles. The summed E-state index contributed by atoms with van der Waals surface area (Å²) in [4.78, 5) is 4.08. The van der Waals surface area contributed by atoms with Crippen molar-refractivity contribution in [3.63, 3.8) is 0 Å². The zero-order chi connectivity index (χ0) is 12.3. The monoisotopic (exact) mass is 221 g/mol. The van der Waals surface area contributed by atoms with Gasteiger partial charge in [0.1, 0.15) is 0 Å². The smallest absolute Gasteiger partial charge is 0.0810 e. The van der Waals surface area contributed by atoms with Gasteiger partial charge in [-0.3, -0.25) is 4.98 Å². The van der Waals surface area contributed by atoms with Crippen molar-refractivity contribution in [2.75, 3.05) is 0 Å². The molecule has 2 heteroatoms. The van der Waals surface area contributed by atoms with Gasteiger partial charge >= 0.3 is 0 Å². The molecule has 1 rings (SSSR count). The molecule has 1 heterocycles. The van der Waals surface area contributed by atoms with Crippen LogP contribution in [0.2, 0.25) is 0 Å². The van der Waals surface area contributed by atoms with Crippen LogP contribution in [-0.4, -0.2) is 10.1 Å². The van der Waals surface area contributed by atoms with E-state index in [-0.39, 0.29) is 5.41 Å². The molecule has 1 aromatic rings. The molecule has 0 spiro atoms. The fraction of sp³-hybridized carbons (Fsp3) is 0.643. The minimum absolute atomic E-state index is 0.233. The van der Waals surface area contributed by atoms with E-state index in [1.54, 1.807) is 12.4 Å². The van der Waals surface area contributed by atoms with E-state index in [0.29, 0.717) is 5.92 Å². The first kappa shape index (κ1) is 13.2. The quantitative estimate of drug-likeness (QED) is 0.847. The number of hydrogen-bond acceptors (Lipinski definition) is 2. The maximum atomic E-state index is 10.2. The summed E-state index contributed by atoms with van der Waals surface area (Å²) in [6.45, 7) is 10.8. The largest absolute Gasteiger partial charge is 0.388 e. The molecule has 0 bridgehead atoms. The molecule has 0 aliphatic heterocycles. The molecule has 0 aromatic carbocycles. The Morgan fingerprint density at radius 2 is 2.00 bits per heavy atom. The molecule has 0 aliphatic carbocycles. The molecule has 16 heavy (non-hydrogen) atoms. The molecule has 0 aliphatic rings. The third-order valence-electron chi connectivity index (χ3n) is 3.49. The van der Waals surface area contributed by atoms with Gasteiger partial charge in [-0.05, 0) is 36.3 Å². The Morgan fingerprint density at radius 3 is 2.50 bits per heavy atom. The number of pyridine rings is 1. The summed E-state index contributed by atoms with van der Waals surface area (Å²) < 4.78 is 0. The first-order valence-corrected chi connectivity index (χ1v) is 5.91. The third kappa shape index (κ3) is 3.31. The lowest BCUT2D eigenvalue weighted by Crippen LogP contribution is -2.20. The van der Waals surface area contributed by atoms with E-state index >= 15 is 0 Å². The van der Waals surface area contributed by atoms with Crippen molar-refractivity contribution < 1.29 is 5.11 Å². The lowest BCUT2D eigenvalue weighted by molar-refractivity contribution is 0.110. The van der Waals surface area contributed by atoms with Crippen LogP contribution in [0.1, 0.15) is 51.3 Å². The highest BCUT2D eigenvalue weighted by Gasteiger charge is 2.23. The fourth-order valence-corrected chi connectivity index (χ4v) is 1.64. The van der Waals surface area contributed by atoms with Crippen LogP contribution in [0.25, 0.3) is 0 Å². The summed E-state index contributed by atoms with van der Waals surface area (Å²) in [7, 11) is 0. The van der Waals surface area contributed by atoms with Crippen LogP contribution < -0.4 is 0 Å². The molecule has 2 unspecified atom stereocenters. The third-order valence-corrected chi connectivity index (χ3v) is 3.49. The van der Waals surface area contributed by atoms with E-state index in [4.69, 9.17) is 0 Å².